The van der Waals surface area contributed by atoms with E-state index in [1.807, 2.05) is 66.1 Å². The number of hydrogen-bond donors (Lipinski definition) is 1. The predicted molar refractivity (Wildman–Crippen MR) is 155 cm³/mol. The molecule has 0 bridgehead atoms. The van der Waals surface area contributed by atoms with Gasteiger partial charge in [0.25, 0.3) is 5.09 Å². The number of benzene rings is 3. The van der Waals surface area contributed by atoms with E-state index in [0.717, 1.165) is 33.6 Å². The molecule has 5 aromatic rings. The molecule has 13 nitrogen and oxygen atoms in total. The molecule has 5 rings (SSSR count). The molecule has 0 saturated carbocycles. The van der Waals surface area contributed by atoms with Crippen LogP contribution in [0.15, 0.2) is 66.7 Å². The molecule has 2 aromatic heterocycles. The molecular weight excluding hydrogens is 554 g/mol. The number of carbonyl (C=O) groups excluding carboxylic acids is 2. The third kappa shape index (κ3) is 7.07. The van der Waals surface area contributed by atoms with Crippen molar-refractivity contribution in [3.05, 3.63) is 93.8 Å². The van der Waals surface area contributed by atoms with Crippen LogP contribution in [0.1, 0.15) is 47.4 Å². The van der Waals surface area contributed by atoms with Gasteiger partial charge in [-0.2, -0.15) is 5.21 Å². The number of aromatic nitrogens is 6. The van der Waals surface area contributed by atoms with Crippen LogP contribution in [0.2, 0.25) is 0 Å². The fraction of sp³-hybridized carbons (Fsp3) is 0.267. The Balaban J connectivity index is 1.26. The molecule has 0 amide bonds. The predicted octanol–water partition coefficient (Wildman–Crippen LogP) is 4.73. The van der Waals surface area contributed by atoms with Gasteiger partial charge in [0.15, 0.2) is 5.78 Å². The maximum absolute atomic E-state index is 13.2. The van der Waals surface area contributed by atoms with Crippen LogP contribution in [0.4, 0.5) is 0 Å². The molecule has 220 valence electrons. The molecule has 0 spiro atoms. The van der Waals surface area contributed by atoms with E-state index in [-0.39, 0.29) is 31.8 Å². The van der Waals surface area contributed by atoms with E-state index in [4.69, 9.17) is 4.74 Å². The first-order valence-corrected chi connectivity index (χ1v) is 13.7. The minimum Gasteiger partial charge on any atom is -0.466 e. The summed E-state index contributed by atoms with van der Waals surface area (Å²) in [6.07, 6.45) is 0.730. The van der Waals surface area contributed by atoms with Crippen LogP contribution in [0.3, 0.4) is 0 Å². The third-order valence-corrected chi connectivity index (χ3v) is 6.93. The highest BCUT2D eigenvalue weighted by atomic mass is 16.9. The summed E-state index contributed by atoms with van der Waals surface area (Å²) in [5, 5.41) is 23.7. The van der Waals surface area contributed by atoms with Crippen molar-refractivity contribution in [3.8, 4) is 22.5 Å². The summed E-state index contributed by atoms with van der Waals surface area (Å²) in [5.41, 5.74) is 5.80. The molecule has 0 unspecified atom stereocenters. The maximum atomic E-state index is 13.2. The number of esters is 1. The number of rotatable bonds is 14. The highest BCUT2D eigenvalue weighted by Gasteiger charge is 2.18. The highest BCUT2D eigenvalue weighted by molar-refractivity contribution is 6.07. The van der Waals surface area contributed by atoms with Gasteiger partial charge in [-0.05, 0) is 53.8 Å². The van der Waals surface area contributed by atoms with Crippen molar-refractivity contribution in [2.75, 3.05) is 13.2 Å². The normalized spacial score (nSPS) is 11.0. The summed E-state index contributed by atoms with van der Waals surface area (Å²) in [4.78, 5) is 44.5. The number of hydrogen-bond acceptors (Lipinski definition) is 10. The summed E-state index contributed by atoms with van der Waals surface area (Å²) in [6.45, 7) is 2.45. The Morgan fingerprint density at radius 3 is 2.47 bits per heavy atom. The Labute approximate surface area is 246 Å². The number of unbranched alkanes of at least 4 members (excludes halogenated alkanes) is 1. The number of ketones is 1. The standard InChI is InChI=1S/C30H29N7O6/c1-20-31-26-10-6-9-25(27(38)15-16-28(39)42-17-4-5-18-43-37(40)41)29(26)36(20)19-21-11-13-22(14-12-21)23-7-2-3-8-24(23)30-32-34-35-33-30/h2-3,6-14H,4-5,15-19H2,1H3,(H,32,33,34,35). The average Bonchev–Trinajstić information content (AvgIpc) is 3.66. The fourth-order valence-corrected chi connectivity index (χ4v) is 4.85. The van der Waals surface area contributed by atoms with E-state index in [9.17, 15) is 19.7 Å². The van der Waals surface area contributed by atoms with Gasteiger partial charge in [-0.25, -0.2) is 4.98 Å². The smallest absolute Gasteiger partial charge is 0.306 e. The highest BCUT2D eigenvalue weighted by Crippen LogP contribution is 2.30. The Morgan fingerprint density at radius 2 is 1.72 bits per heavy atom. The van der Waals surface area contributed by atoms with Gasteiger partial charge in [0.2, 0.25) is 5.82 Å². The Morgan fingerprint density at radius 1 is 0.953 bits per heavy atom. The Kier molecular flexibility index (Phi) is 9.10. The zero-order chi connectivity index (χ0) is 30.2. The fourth-order valence-electron chi connectivity index (χ4n) is 4.85. The number of fused-ring (bicyclic) bond motifs is 1. The number of nitrogens with zero attached hydrogens (tertiary/aromatic N) is 6. The molecule has 0 fully saturated rings. The zero-order valence-electron chi connectivity index (χ0n) is 23.4. The Bertz CT molecular complexity index is 1730. The quantitative estimate of drug-likeness (QED) is 0.0634. The molecule has 0 radical (unpaired) electrons. The lowest BCUT2D eigenvalue weighted by Crippen LogP contribution is -2.11. The van der Waals surface area contributed by atoms with Gasteiger partial charge in [-0.3, -0.25) is 9.59 Å². The van der Waals surface area contributed by atoms with Crippen molar-refractivity contribution in [2.45, 2.75) is 39.2 Å². The summed E-state index contributed by atoms with van der Waals surface area (Å²) in [5.74, 6) is 0.603. The molecule has 0 atom stereocenters. The number of H-pyrrole nitrogens is 1. The number of Topliss-reactive ketones (excluding diaryl/α,β-unsaturated/α-hetero) is 1. The summed E-state index contributed by atoms with van der Waals surface area (Å²) < 4.78 is 7.16. The third-order valence-electron chi connectivity index (χ3n) is 6.93. The lowest BCUT2D eigenvalue weighted by atomic mass is 9.98. The van der Waals surface area contributed by atoms with Crippen molar-refractivity contribution in [1.29, 1.82) is 0 Å². The lowest BCUT2D eigenvalue weighted by Gasteiger charge is -2.12. The van der Waals surface area contributed by atoms with Gasteiger partial charge in [-0.15, -0.1) is 20.3 Å². The number of imidazole rings is 1. The number of tetrazole rings is 1. The number of aromatic amines is 1. The number of ether oxygens (including phenoxy) is 1. The first-order chi connectivity index (χ1) is 20.9. The van der Waals surface area contributed by atoms with Gasteiger partial charge in [-0.1, -0.05) is 54.6 Å². The van der Waals surface area contributed by atoms with Crippen LogP contribution < -0.4 is 0 Å². The van der Waals surface area contributed by atoms with Crippen LogP contribution in [0, 0.1) is 17.0 Å². The SMILES string of the molecule is Cc1nc2cccc(C(=O)CCC(=O)OCCCCO[N+](=O)[O-])c2n1Cc1ccc(-c2ccccc2-c2nn[nH]n2)cc1. The van der Waals surface area contributed by atoms with Crippen LogP contribution >= 0.6 is 0 Å². The van der Waals surface area contributed by atoms with Gasteiger partial charge in [0.05, 0.1) is 30.7 Å². The van der Waals surface area contributed by atoms with Crippen molar-refractivity contribution >= 4 is 22.8 Å². The number of carbonyl (C=O) groups is 2. The topological polar surface area (TPSA) is 168 Å². The minimum absolute atomic E-state index is 0.0128. The van der Waals surface area contributed by atoms with Crippen molar-refractivity contribution in [1.82, 2.24) is 30.2 Å². The Hall–Kier alpha value is -5.46. The molecule has 2 heterocycles. The molecule has 0 aliphatic rings. The van der Waals surface area contributed by atoms with E-state index in [2.05, 4.69) is 30.4 Å². The number of aryl methyl sites for hydroxylation is 1. The largest absolute Gasteiger partial charge is 0.466 e. The van der Waals surface area contributed by atoms with Crippen LogP contribution in [0.25, 0.3) is 33.5 Å². The van der Waals surface area contributed by atoms with Crippen molar-refractivity contribution in [3.63, 3.8) is 0 Å². The van der Waals surface area contributed by atoms with Crippen molar-refractivity contribution < 1.29 is 24.3 Å². The second-order valence-corrected chi connectivity index (χ2v) is 9.80. The van der Waals surface area contributed by atoms with Gasteiger partial charge in [0.1, 0.15) is 5.82 Å². The monoisotopic (exact) mass is 583 g/mol. The summed E-state index contributed by atoms with van der Waals surface area (Å²) in [6, 6.07) is 21.4. The first kappa shape index (κ1) is 29.0. The van der Waals surface area contributed by atoms with E-state index >= 15 is 0 Å². The molecular formula is C30H29N7O6. The van der Waals surface area contributed by atoms with E-state index in [0.29, 0.717) is 36.3 Å². The molecule has 0 aliphatic carbocycles. The first-order valence-electron chi connectivity index (χ1n) is 13.7. The van der Waals surface area contributed by atoms with Crippen LogP contribution in [0.5, 0.6) is 0 Å². The molecule has 13 heteroatoms. The van der Waals surface area contributed by atoms with Crippen molar-refractivity contribution in [2.24, 2.45) is 0 Å². The summed E-state index contributed by atoms with van der Waals surface area (Å²) >= 11 is 0. The zero-order valence-corrected chi connectivity index (χ0v) is 23.4. The van der Waals surface area contributed by atoms with Crippen LogP contribution in [-0.4, -0.2) is 60.2 Å². The molecule has 0 saturated heterocycles. The second-order valence-electron chi connectivity index (χ2n) is 9.80. The van der Waals surface area contributed by atoms with Gasteiger partial charge in [0, 0.05) is 24.1 Å². The molecule has 3 aromatic carbocycles. The molecule has 1 N–H and O–H groups in total. The summed E-state index contributed by atoms with van der Waals surface area (Å²) in [7, 11) is 0. The van der Waals surface area contributed by atoms with Crippen LogP contribution in [-0.2, 0) is 20.9 Å². The maximum Gasteiger partial charge on any atom is 0.306 e. The second kappa shape index (κ2) is 13.5. The molecule has 0 aliphatic heterocycles. The lowest BCUT2D eigenvalue weighted by molar-refractivity contribution is -0.757. The van der Waals surface area contributed by atoms with Gasteiger partial charge < -0.3 is 14.1 Å². The van der Waals surface area contributed by atoms with Gasteiger partial charge >= 0.3 is 5.97 Å². The van der Waals surface area contributed by atoms with E-state index < -0.39 is 11.1 Å². The van der Waals surface area contributed by atoms with E-state index in [1.54, 1.807) is 12.1 Å². The minimum atomic E-state index is -0.859. The number of para-hydroxylation sites is 1. The number of nitrogens with one attached hydrogen (secondary N) is 1. The molecule has 43 heavy (non-hydrogen) atoms. The van der Waals surface area contributed by atoms with E-state index in [1.165, 1.54) is 0 Å². The average molecular weight is 584 g/mol.